The highest BCUT2D eigenvalue weighted by Gasteiger charge is 2.17. The molecule has 142 valence electrons. The summed E-state index contributed by atoms with van der Waals surface area (Å²) in [6.07, 6.45) is 1.17. The van der Waals surface area contributed by atoms with Crippen LogP contribution in [0.25, 0.3) is 0 Å². The van der Waals surface area contributed by atoms with Crippen molar-refractivity contribution in [1.29, 1.82) is 0 Å². The van der Waals surface area contributed by atoms with Crippen LogP contribution < -0.4 is 5.73 Å². The van der Waals surface area contributed by atoms with Crippen LogP contribution in [-0.2, 0) is 12.8 Å². The van der Waals surface area contributed by atoms with E-state index in [1.807, 2.05) is 43.4 Å². The van der Waals surface area contributed by atoms with Crippen molar-refractivity contribution in [3.63, 3.8) is 0 Å². The summed E-state index contributed by atoms with van der Waals surface area (Å²) in [5.74, 6) is 0. The summed E-state index contributed by atoms with van der Waals surface area (Å²) in [5.41, 5.74) is 8.61. The van der Waals surface area contributed by atoms with E-state index < -0.39 is 6.10 Å². The minimum absolute atomic E-state index is 0. The zero-order valence-corrected chi connectivity index (χ0v) is 17.2. The van der Waals surface area contributed by atoms with Gasteiger partial charge >= 0.3 is 0 Å². The molecule has 2 aromatic rings. The molecular weight excluding hydrogens is 375 g/mol. The van der Waals surface area contributed by atoms with Crippen molar-refractivity contribution in [2.75, 3.05) is 20.1 Å². The smallest absolute Gasteiger partial charge is 0.0820 e. The Morgan fingerprint density at radius 3 is 1.92 bits per heavy atom. The van der Waals surface area contributed by atoms with Crippen LogP contribution in [0.2, 0.25) is 0 Å². The number of likely N-dealkylation sites (N-methyl/N-ethyl adjacent to an activating group) is 1. The Balaban J connectivity index is 0. The lowest BCUT2D eigenvalue weighted by molar-refractivity contribution is 0.102. The van der Waals surface area contributed by atoms with Crippen molar-refractivity contribution in [3.05, 3.63) is 71.8 Å². The van der Waals surface area contributed by atoms with Gasteiger partial charge in [0, 0.05) is 19.1 Å². The van der Waals surface area contributed by atoms with Gasteiger partial charge in [-0.25, -0.2) is 0 Å². The average Bonchev–Trinajstić information content (AvgIpc) is 2.55. The van der Waals surface area contributed by atoms with Crippen LogP contribution in [0.3, 0.4) is 0 Å². The van der Waals surface area contributed by atoms with E-state index in [-0.39, 0.29) is 44.4 Å². The first-order valence-corrected chi connectivity index (χ1v) is 7.85. The average molecular weight is 405 g/mol. The molecule has 0 radical (unpaired) electrons. The molecule has 0 heterocycles. The van der Waals surface area contributed by atoms with Gasteiger partial charge in [0.1, 0.15) is 0 Å². The number of halogens is 2. The van der Waals surface area contributed by atoms with Gasteiger partial charge in [-0.05, 0) is 31.0 Å². The number of nitrogens with two attached hydrogens (primary N) is 1. The summed E-state index contributed by atoms with van der Waals surface area (Å²) in [6.45, 7) is 1.51. The molecule has 2 atom stereocenters. The maximum absolute atomic E-state index is 10.3. The van der Waals surface area contributed by atoms with Crippen molar-refractivity contribution >= 4 is 38.3 Å². The quantitative estimate of drug-likeness (QED) is 0.710. The molecule has 2 aromatic carbocycles. The Kier molecular flexibility index (Phi) is 15.3. The molecule has 6 heteroatoms. The van der Waals surface area contributed by atoms with Crippen LogP contribution in [0.1, 0.15) is 11.1 Å². The molecule has 3 N–H and O–H groups in total. The SMILES string of the molecule is CN(CCc1ccccc1)C[C@H](O)[C@H](N)Cc1ccccc1.Cl.Cl.S. The molecule has 2 rings (SSSR count). The van der Waals surface area contributed by atoms with Gasteiger partial charge < -0.3 is 15.7 Å². The van der Waals surface area contributed by atoms with E-state index >= 15 is 0 Å². The maximum atomic E-state index is 10.3. The van der Waals surface area contributed by atoms with Gasteiger partial charge in [-0.1, -0.05) is 60.7 Å². The van der Waals surface area contributed by atoms with E-state index in [2.05, 4.69) is 29.2 Å². The molecule has 0 fully saturated rings. The highest BCUT2D eigenvalue weighted by molar-refractivity contribution is 7.59. The topological polar surface area (TPSA) is 49.5 Å². The zero-order chi connectivity index (χ0) is 15.8. The van der Waals surface area contributed by atoms with Gasteiger partial charge in [-0.3, -0.25) is 0 Å². The van der Waals surface area contributed by atoms with Gasteiger partial charge in [0.25, 0.3) is 0 Å². The molecule has 0 bridgehead atoms. The largest absolute Gasteiger partial charge is 0.390 e. The van der Waals surface area contributed by atoms with Crippen molar-refractivity contribution in [3.8, 4) is 0 Å². The summed E-state index contributed by atoms with van der Waals surface area (Å²) in [5, 5.41) is 10.3. The molecule has 0 aromatic heterocycles. The lowest BCUT2D eigenvalue weighted by Gasteiger charge is -2.25. The standard InChI is InChI=1S/C19H26N2O.2ClH.H2S/c1-21(13-12-16-8-4-2-5-9-16)15-19(22)18(20)14-17-10-6-3-7-11-17;;;/h2-11,18-19,22H,12-15,20H2,1H3;2*1H;1H2/t18-,19+;;;/m1.../s1. The predicted molar refractivity (Wildman–Crippen MR) is 117 cm³/mol. The first kappa shape index (κ1) is 26.5. The fraction of sp³-hybridized carbons (Fsp3) is 0.368. The van der Waals surface area contributed by atoms with E-state index in [0.717, 1.165) is 13.0 Å². The third-order valence-corrected chi connectivity index (χ3v) is 3.93. The summed E-state index contributed by atoms with van der Waals surface area (Å²) >= 11 is 0. The van der Waals surface area contributed by atoms with Crippen LogP contribution in [0, 0.1) is 0 Å². The van der Waals surface area contributed by atoms with Crippen molar-refractivity contribution in [2.24, 2.45) is 5.73 Å². The Hall–Kier alpha value is -0.750. The Morgan fingerprint density at radius 1 is 0.920 bits per heavy atom. The first-order chi connectivity index (χ1) is 10.6. The Labute approximate surface area is 170 Å². The molecule has 0 saturated heterocycles. The van der Waals surface area contributed by atoms with Gasteiger partial charge in [-0.2, -0.15) is 13.5 Å². The molecule has 0 aliphatic carbocycles. The number of benzene rings is 2. The van der Waals surface area contributed by atoms with Crippen molar-refractivity contribution < 1.29 is 5.11 Å². The first-order valence-electron chi connectivity index (χ1n) is 7.85. The van der Waals surface area contributed by atoms with Crippen LogP contribution in [0.5, 0.6) is 0 Å². The molecule has 0 unspecified atom stereocenters. The molecular formula is C19H30Cl2N2OS. The lowest BCUT2D eigenvalue weighted by atomic mass is 10.0. The van der Waals surface area contributed by atoms with Crippen LogP contribution in [0.4, 0.5) is 0 Å². The minimum atomic E-state index is -0.513. The van der Waals surface area contributed by atoms with E-state index in [1.165, 1.54) is 11.1 Å². The third kappa shape index (κ3) is 10.1. The monoisotopic (exact) mass is 404 g/mol. The fourth-order valence-electron chi connectivity index (χ4n) is 2.53. The molecule has 0 aliphatic rings. The lowest BCUT2D eigenvalue weighted by Crippen LogP contribution is -2.44. The van der Waals surface area contributed by atoms with Gasteiger partial charge in [0.05, 0.1) is 6.10 Å². The molecule has 0 amide bonds. The van der Waals surface area contributed by atoms with Gasteiger partial charge in [-0.15, -0.1) is 24.8 Å². The summed E-state index contributed by atoms with van der Waals surface area (Å²) in [7, 11) is 2.03. The predicted octanol–water partition coefficient (Wildman–Crippen LogP) is 3.05. The van der Waals surface area contributed by atoms with Gasteiger partial charge in [0.15, 0.2) is 0 Å². The van der Waals surface area contributed by atoms with E-state index in [9.17, 15) is 5.11 Å². The number of nitrogens with zero attached hydrogens (tertiary/aromatic N) is 1. The van der Waals surface area contributed by atoms with Crippen molar-refractivity contribution in [2.45, 2.75) is 25.0 Å². The second-order valence-corrected chi connectivity index (χ2v) is 5.92. The molecule has 3 nitrogen and oxygen atoms in total. The third-order valence-electron chi connectivity index (χ3n) is 3.93. The summed E-state index contributed by atoms with van der Waals surface area (Å²) < 4.78 is 0. The normalized spacial score (nSPS) is 12.3. The number of hydrogen-bond acceptors (Lipinski definition) is 3. The molecule has 0 spiro atoms. The molecule has 25 heavy (non-hydrogen) atoms. The second-order valence-electron chi connectivity index (χ2n) is 5.92. The molecule has 0 saturated carbocycles. The van der Waals surface area contributed by atoms with E-state index in [0.29, 0.717) is 13.0 Å². The maximum Gasteiger partial charge on any atom is 0.0820 e. The fourth-order valence-corrected chi connectivity index (χ4v) is 2.53. The zero-order valence-electron chi connectivity index (χ0n) is 14.5. The number of aliphatic hydroxyl groups is 1. The highest BCUT2D eigenvalue weighted by atomic mass is 35.5. The van der Waals surface area contributed by atoms with Crippen LogP contribution in [-0.4, -0.2) is 42.3 Å². The van der Waals surface area contributed by atoms with E-state index in [1.54, 1.807) is 0 Å². The highest BCUT2D eigenvalue weighted by Crippen LogP contribution is 2.06. The number of hydrogen-bond donors (Lipinski definition) is 2. The minimum Gasteiger partial charge on any atom is -0.390 e. The second kappa shape index (κ2) is 14.4. The van der Waals surface area contributed by atoms with Crippen LogP contribution >= 0.6 is 38.3 Å². The van der Waals surface area contributed by atoms with Crippen LogP contribution in [0.15, 0.2) is 60.7 Å². The Morgan fingerprint density at radius 2 is 1.40 bits per heavy atom. The summed E-state index contributed by atoms with van der Waals surface area (Å²) in [4.78, 5) is 2.14. The summed E-state index contributed by atoms with van der Waals surface area (Å²) in [6, 6.07) is 20.2. The number of aliphatic hydroxyl groups excluding tert-OH is 1. The Bertz CT molecular complexity index is 546. The van der Waals surface area contributed by atoms with E-state index in [4.69, 9.17) is 5.73 Å². The van der Waals surface area contributed by atoms with Crippen molar-refractivity contribution in [1.82, 2.24) is 4.90 Å². The number of rotatable bonds is 8. The molecule has 0 aliphatic heterocycles. The van der Waals surface area contributed by atoms with Gasteiger partial charge in [0.2, 0.25) is 0 Å².